The molecule has 0 N–H and O–H groups in total. The molecule has 2 heterocycles. The highest BCUT2D eigenvalue weighted by molar-refractivity contribution is 7.99. The zero-order valence-corrected chi connectivity index (χ0v) is 15.9. The lowest BCUT2D eigenvalue weighted by Gasteiger charge is -2.34. The number of nitro groups is 1. The molecule has 1 saturated heterocycles. The Kier molecular flexibility index (Phi) is 5.16. The number of nitrogens with zero attached hydrogens (tertiary/aromatic N) is 6. The fourth-order valence-corrected chi connectivity index (χ4v) is 4.40. The van der Waals surface area contributed by atoms with Crippen LogP contribution in [0.25, 0.3) is 0 Å². The normalized spacial score (nSPS) is 16.0. The van der Waals surface area contributed by atoms with E-state index >= 15 is 0 Å². The predicted octanol–water partition coefficient (Wildman–Crippen LogP) is 0.956. The standard InChI is InChI=1S/C14H18N6O4S2/c1-17-10-15-16-14(17)25-13-9-11(3-4-12(13)20(21)22)18-5-7-19(8-6-18)26(2,23)24/h3-4,9-10H,5-8H2,1-2H3. The van der Waals surface area contributed by atoms with Crippen molar-refractivity contribution in [2.45, 2.75) is 10.1 Å². The zero-order chi connectivity index (χ0) is 18.9. The molecule has 1 aromatic heterocycles. The van der Waals surface area contributed by atoms with Crippen molar-refractivity contribution in [3.8, 4) is 0 Å². The van der Waals surface area contributed by atoms with E-state index in [1.165, 1.54) is 34.7 Å². The van der Waals surface area contributed by atoms with Gasteiger partial charge in [-0.05, 0) is 23.9 Å². The van der Waals surface area contributed by atoms with Crippen molar-refractivity contribution in [3.05, 3.63) is 34.6 Å². The van der Waals surface area contributed by atoms with Gasteiger partial charge in [-0.3, -0.25) is 10.1 Å². The summed E-state index contributed by atoms with van der Waals surface area (Å²) < 4.78 is 26.4. The van der Waals surface area contributed by atoms with Gasteiger partial charge in [-0.15, -0.1) is 10.2 Å². The molecule has 0 radical (unpaired) electrons. The van der Waals surface area contributed by atoms with Crippen LogP contribution in [-0.4, -0.2) is 64.8 Å². The van der Waals surface area contributed by atoms with Crippen LogP contribution in [-0.2, 0) is 17.1 Å². The van der Waals surface area contributed by atoms with Gasteiger partial charge in [-0.25, -0.2) is 8.42 Å². The number of hydrogen-bond donors (Lipinski definition) is 0. The lowest BCUT2D eigenvalue weighted by molar-refractivity contribution is -0.387. The quantitative estimate of drug-likeness (QED) is 0.540. The van der Waals surface area contributed by atoms with Crippen LogP contribution in [0.1, 0.15) is 0 Å². The predicted molar refractivity (Wildman–Crippen MR) is 96.9 cm³/mol. The van der Waals surface area contributed by atoms with E-state index in [1.807, 2.05) is 4.90 Å². The highest BCUT2D eigenvalue weighted by atomic mass is 32.2. The van der Waals surface area contributed by atoms with Gasteiger partial charge < -0.3 is 9.47 Å². The summed E-state index contributed by atoms with van der Waals surface area (Å²) in [6.45, 7) is 1.83. The van der Waals surface area contributed by atoms with Crippen LogP contribution in [0.4, 0.5) is 11.4 Å². The molecule has 1 fully saturated rings. The van der Waals surface area contributed by atoms with Gasteiger partial charge >= 0.3 is 0 Å². The lowest BCUT2D eigenvalue weighted by atomic mass is 10.2. The van der Waals surface area contributed by atoms with E-state index in [2.05, 4.69) is 10.2 Å². The monoisotopic (exact) mass is 398 g/mol. The van der Waals surface area contributed by atoms with E-state index in [-0.39, 0.29) is 5.69 Å². The van der Waals surface area contributed by atoms with Crippen molar-refractivity contribution in [1.29, 1.82) is 0 Å². The minimum atomic E-state index is -3.20. The summed E-state index contributed by atoms with van der Waals surface area (Å²) in [6, 6.07) is 4.90. The lowest BCUT2D eigenvalue weighted by Crippen LogP contribution is -2.48. The summed E-state index contributed by atoms with van der Waals surface area (Å²) in [5.41, 5.74) is 0.810. The van der Waals surface area contributed by atoms with E-state index in [9.17, 15) is 18.5 Å². The highest BCUT2D eigenvalue weighted by Crippen LogP contribution is 2.36. The summed E-state index contributed by atoms with van der Waals surface area (Å²) >= 11 is 1.17. The average Bonchev–Trinajstić information content (AvgIpc) is 2.99. The molecule has 0 saturated carbocycles. The fraction of sp³-hybridized carbons (Fsp3) is 0.429. The number of piperazine rings is 1. The topological polar surface area (TPSA) is 114 Å². The number of sulfonamides is 1. The third kappa shape index (κ3) is 3.97. The first-order valence-corrected chi connectivity index (χ1v) is 10.4. The van der Waals surface area contributed by atoms with E-state index in [4.69, 9.17) is 0 Å². The number of nitro benzene ring substituents is 1. The summed E-state index contributed by atoms with van der Waals surface area (Å²) in [4.78, 5) is 13.4. The number of aromatic nitrogens is 3. The van der Waals surface area contributed by atoms with E-state index in [1.54, 1.807) is 23.7 Å². The molecule has 2 aromatic rings. The van der Waals surface area contributed by atoms with Crippen LogP contribution >= 0.6 is 11.8 Å². The van der Waals surface area contributed by atoms with Gasteiger partial charge in [0.05, 0.1) is 16.1 Å². The number of benzene rings is 1. The van der Waals surface area contributed by atoms with E-state index < -0.39 is 14.9 Å². The van der Waals surface area contributed by atoms with Crippen molar-refractivity contribution < 1.29 is 13.3 Å². The van der Waals surface area contributed by atoms with Gasteiger partial charge in [0.1, 0.15) is 6.33 Å². The van der Waals surface area contributed by atoms with Crippen LogP contribution in [0, 0.1) is 10.1 Å². The van der Waals surface area contributed by atoms with Crippen LogP contribution in [0.5, 0.6) is 0 Å². The van der Waals surface area contributed by atoms with Crippen LogP contribution < -0.4 is 4.90 Å². The second kappa shape index (κ2) is 7.21. The summed E-state index contributed by atoms with van der Waals surface area (Å²) in [6.07, 6.45) is 2.73. The van der Waals surface area contributed by atoms with Crippen molar-refractivity contribution in [2.24, 2.45) is 7.05 Å². The number of aryl methyl sites for hydroxylation is 1. The Morgan fingerprint density at radius 2 is 1.92 bits per heavy atom. The Morgan fingerprint density at radius 3 is 2.46 bits per heavy atom. The first-order valence-electron chi connectivity index (χ1n) is 7.76. The molecule has 1 aromatic carbocycles. The maximum absolute atomic E-state index is 11.6. The molecular weight excluding hydrogens is 380 g/mol. The molecule has 10 nitrogen and oxygen atoms in total. The maximum atomic E-state index is 11.6. The third-order valence-electron chi connectivity index (χ3n) is 4.08. The van der Waals surface area contributed by atoms with Crippen LogP contribution in [0.15, 0.2) is 34.6 Å². The number of anilines is 1. The van der Waals surface area contributed by atoms with E-state index in [0.29, 0.717) is 36.2 Å². The van der Waals surface area contributed by atoms with Crippen molar-refractivity contribution >= 4 is 33.2 Å². The van der Waals surface area contributed by atoms with Crippen LogP contribution in [0.2, 0.25) is 0 Å². The molecule has 140 valence electrons. The molecular formula is C14H18N6O4S2. The highest BCUT2D eigenvalue weighted by Gasteiger charge is 2.25. The third-order valence-corrected chi connectivity index (χ3v) is 6.49. The largest absolute Gasteiger partial charge is 0.369 e. The first kappa shape index (κ1) is 18.6. The molecule has 26 heavy (non-hydrogen) atoms. The molecule has 12 heteroatoms. The summed E-state index contributed by atoms with van der Waals surface area (Å²) in [5.74, 6) is 0. The Morgan fingerprint density at radius 1 is 1.23 bits per heavy atom. The van der Waals surface area contributed by atoms with Gasteiger partial charge in [0.25, 0.3) is 5.69 Å². The molecule has 1 aliphatic heterocycles. The van der Waals surface area contributed by atoms with Gasteiger partial charge in [0.2, 0.25) is 10.0 Å². The molecule has 0 amide bonds. The van der Waals surface area contributed by atoms with Gasteiger partial charge in [-0.1, -0.05) is 0 Å². The second-order valence-corrected chi connectivity index (χ2v) is 8.88. The zero-order valence-electron chi connectivity index (χ0n) is 14.3. The maximum Gasteiger partial charge on any atom is 0.283 e. The minimum Gasteiger partial charge on any atom is -0.369 e. The molecule has 0 aliphatic carbocycles. The molecule has 0 spiro atoms. The van der Waals surface area contributed by atoms with Gasteiger partial charge in [0, 0.05) is 45.0 Å². The second-order valence-electron chi connectivity index (χ2n) is 5.88. The SMILES string of the molecule is Cn1cnnc1Sc1cc(N2CCN(S(C)(=O)=O)CC2)ccc1[N+](=O)[O-]. The number of hydrogen-bond acceptors (Lipinski definition) is 8. The fourth-order valence-electron chi connectivity index (χ4n) is 2.67. The molecule has 3 rings (SSSR count). The molecule has 1 aliphatic rings. The van der Waals surface area contributed by atoms with Crippen LogP contribution in [0.3, 0.4) is 0 Å². The van der Waals surface area contributed by atoms with Gasteiger partial charge in [0.15, 0.2) is 5.16 Å². The molecule has 0 unspecified atom stereocenters. The van der Waals surface area contributed by atoms with Crippen molar-refractivity contribution in [2.75, 3.05) is 37.3 Å². The van der Waals surface area contributed by atoms with Crippen molar-refractivity contribution in [1.82, 2.24) is 19.1 Å². The Bertz CT molecular complexity index is 921. The summed E-state index contributed by atoms with van der Waals surface area (Å²) in [7, 11) is -1.44. The van der Waals surface area contributed by atoms with E-state index in [0.717, 1.165) is 5.69 Å². The Balaban J connectivity index is 1.84. The van der Waals surface area contributed by atoms with Gasteiger partial charge in [-0.2, -0.15) is 4.31 Å². The number of rotatable bonds is 5. The van der Waals surface area contributed by atoms with Crippen molar-refractivity contribution in [3.63, 3.8) is 0 Å². The minimum absolute atomic E-state index is 0.00322. The Hall–Kier alpha value is -2.18. The Labute approximate surface area is 155 Å². The average molecular weight is 398 g/mol. The summed E-state index contributed by atoms with van der Waals surface area (Å²) in [5, 5.41) is 19.6. The molecule has 0 bridgehead atoms. The first-order chi connectivity index (χ1) is 12.3. The molecule has 0 atom stereocenters. The smallest absolute Gasteiger partial charge is 0.283 e.